The molecule has 1 aromatic heterocycles. The van der Waals surface area contributed by atoms with Crippen molar-refractivity contribution in [3.63, 3.8) is 0 Å². The quantitative estimate of drug-likeness (QED) is 0.753. The number of nitrogens with zero attached hydrogens (tertiary/aromatic N) is 2. The Morgan fingerprint density at radius 1 is 1.04 bits per heavy atom. The van der Waals surface area contributed by atoms with Crippen molar-refractivity contribution in [2.24, 2.45) is 14.1 Å². The lowest BCUT2D eigenvalue weighted by Crippen LogP contribution is -2.19. The monoisotopic (exact) mass is 325 g/mol. The molecular formula is C18H16FN3O2. The molecule has 24 heavy (non-hydrogen) atoms. The number of aromatic nitrogens is 2. The topological polar surface area (TPSA) is 56.0 Å². The first-order valence-electron chi connectivity index (χ1n) is 7.36. The molecule has 5 nitrogen and oxygen atoms in total. The third-order valence-electron chi connectivity index (χ3n) is 3.84. The van der Waals surface area contributed by atoms with Crippen LogP contribution in [0.3, 0.4) is 0 Å². The third-order valence-corrected chi connectivity index (χ3v) is 3.84. The molecule has 1 N–H and O–H groups in total. The largest absolute Gasteiger partial charge is 0.328 e. The maximum Gasteiger partial charge on any atom is 0.328 e. The summed E-state index contributed by atoms with van der Waals surface area (Å²) in [7, 11) is 3.39. The van der Waals surface area contributed by atoms with E-state index in [1.54, 1.807) is 55.1 Å². The minimum absolute atomic E-state index is 0.121. The Morgan fingerprint density at radius 3 is 2.42 bits per heavy atom. The molecule has 0 aliphatic heterocycles. The molecule has 0 aliphatic carbocycles. The van der Waals surface area contributed by atoms with Crippen LogP contribution < -0.4 is 11.0 Å². The highest BCUT2D eigenvalue weighted by molar-refractivity contribution is 6.02. The fourth-order valence-corrected chi connectivity index (χ4v) is 2.51. The lowest BCUT2D eigenvalue weighted by molar-refractivity contribution is -0.111. The Balaban J connectivity index is 1.79. The number of carbonyl (C=O) groups is 1. The number of nitrogens with one attached hydrogen (secondary N) is 1. The van der Waals surface area contributed by atoms with E-state index in [0.29, 0.717) is 5.69 Å². The summed E-state index contributed by atoms with van der Waals surface area (Å²) in [5.74, 6) is -0.627. The molecule has 2 aromatic carbocycles. The molecule has 0 atom stereocenters. The Kier molecular flexibility index (Phi) is 4.04. The Hall–Kier alpha value is -3.15. The average Bonchev–Trinajstić information content (AvgIpc) is 2.79. The molecule has 0 saturated heterocycles. The lowest BCUT2D eigenvalue weighted by Gasteiger charge is -2.03. The van der Waals surface area contributed by atoms with Crippen molar-refractivity contribution in [2.45, 2.75) is 0 Å². The first-order valence-corrected chi connectivity index (χ1v) is 7.36. The van der Waals surface area contributed by atoms with Crippen LogP contribution in [-0.4, -0.2) is 15.0 Å². The van der Waals surface area contributed by atoms with Crippen LogP contribution in [0.25, 0.3) is 17.1 Å². The Morgan fingerprint density at radius 2 is 1.71 bits per heavy atom. The van der Waals surface area contributed by atoms with Crippen molar-refractivity contribution in [3.05, 3.63) is 70.4 Å². The number of amides is 1. The normalized spacial score (nSPS) is 11.3. The van der Waals surface area contributed by atoms with E-state index in [4.69, 9.17) is 0 Å². The van der Waals surface area contributed by atoms with E-state index in [1.807, 2.05) is 0 Å². The van der Waals surface area contributed by atoms with Gasteiger partial charge in [-0.25, -0.2) is 9.18 Å². The standard InChI is InChI=1S/C18H16FN3O2/c1-21-15-9-8-14(11-16(15)22(2)18(21)24)20-17(23)10-5-12-3-6-13(19)7-4-12/h3-11H,1-2H3,(H,20,23)/b10-5+. The molecule has 3 rings (SSSR count). The molecule has 0 radical (unpaired) electrons. The molecular weight excluding hydrogens is 309 g/mol. The van der Waals surface area contributed by atoms with Gasteiger partial charge < -0.3 is 5.32 Å². The molecule has 1 amide bonds. The molecule has 1 heterocycles. The summed E-state index contributed by atoms with van der Waals surface area (Å²) in [5, 5.41) is 2.75. The number of carbonyl (C=O) groups excluding carboxylic acids is 1. The van der Waals surface area contributed by atoms with Crippen LogP contribution in [0.5, 0.6) is 0 Å². The van der Waals surface area contributed by atoms with E-state index in [1.165, 1.54) is 22.8 Å². The van der Waals surface area contributed by atoms with Gasteiger partial charge in [-0.3, -0.25) is 13.9 Å². The van der Waals surface area contributed by atoms with Crippen molar-refractivity contribution in [3.8, 4) is 0 Å². The Bertz CT molecular complexity index is 998. The van der Waals surface area contributed by atoms with Crippen molar-refractivity contribution in [1.29, 1.82) is 0 Å². The summed E-state index contributed by atoms with van der Waals surface area (Å²) in [6.45, 7) is 0. The van der Waals surface area contributed by atoms with Gasteiger partial charge in [0, 0.05) is 25.9 Å². The van der Waals surface area contributed by atoms with Gasteiger partial charge >= 0.3 is 5.69 Å². The van der Waals surface area contributed by atoms with E-state index in [9.17, 15) is 14.0 Å². The number of fused-ring (bicyclic) bond motifs is 1. The van der Waals surface area contributed by atoms with Crippen LogP contribution in [-0.2, 0) is 18.9 Å². The number of imidazole rings is 1. The SMILES string of the molecule is Cn1c(=O)n(C)c2cc(NC(=O)/C=C/c3ccc(F)cc3)ccc21. The highest BCUT2D eigenvalue weighted by Gasteiger charge is 2.08. The molecule has 0 unspecified atom stereocenters. The number of benzene rings is 2. The van der Waals surface area contributed by atoms with Crippen LogP contribution in [0.4, 0.5) is 10.1 Å². The Labute approximate surface area is 137 Å². The van der Waals surface area contributed by atoms with Crippen molar-refractivity contribution < 1.29 is 9.18 Å². The lowest BCUT2D eigenvalue weighted by atomic mass is 10.2. The van der Waals surface area contributed by atoms with Gasteiger partial charge in [-0.15, -0.1) is 0 Å². The zero-order chi connectivity index (χ0) is 17.3. The molecule has 0 fully saturated rings. The van der Waals surface area contributed by atoms with Crippen LogP contribution in [0.15, 0.2) is 53.3 Å². The second-order valence-corrected chi connectivity index (χ2v) is 5.48. The highest BCUT2D eigenvalue weighted by Crippen LogP contribution is 2.17. The fraction of sp³-hybridized carbons (Fsp3) is 0.111. The third kappa shape index (κ3) is 2.99. The van der Waals surface area contributed by atoms with Crippen LogP contribution >= 0.6 is 0 Å². The van der Waals surface area contributed by atoms with Crippen LogP contribution in [0.2, 0.25) is 0 Å². The van der Waals surface area contributed by atoms with Gasteiger partial charge in [0.05, 0.1) is 11.0 Å². The minimum atomic E-state index is -0.321. The molecule has 6 heteroatoms. The van der Waals surface area contributed by atoms with Gasteiger partial charge in [0.1, 0.15) is 5.82 Å². The molecule has 0 saturated carbocycles. The van der Waals surface area contributed by atoms with E-state index in [2.05, 4.69) is 5.32 Å². The maximum absolute atomic E-state index is 12.8. The zero-order valence-electron chi connectivity index (χ0n) is 13.3. The summed E-state index contributed by atoms with van der Waals surface area (Å²) in [6, 6.07) is 11.1. The first-order chi connectivity index (χ1) is 11.5. The van der Waals surface area contributed by atoms with Crippen LogP contribution in [0, 0.1) is 5.82 Å². The minimum Gasteiger partial charge on any atom is -0.322 e. The number of hydrogen-bond donors (Lipinski definition) is 1. The zero-order valence-corrected chi connectivity index (χ0v) is 13.3. The van der Waals surface area contributed by atoms with Crippen molar-refractivity contribution in [1.82, 2.24) is 9.13 Å². The summed E-state index contributed by atoms with van der Waals surface area (Å²) in [5.41, 5.74) is 2.74. The molecule has 122 valence electrons. The van der Waals surface area contributed by atoms with Crippen molar-refractivity contribution in [2.75, 3.05) is 5.32 Å². The van der Waals surface area contributed by atoms with Gasteiger partial charge in [-0.1, -0.05) is 12.1 Å². The molecule has 3 aromatic rings. The van der Waals surface area contributed by atoms with Gasteiger partial charge in [-0.05, 0) is 42.0 Å². The van der Waals surface area contributed by atoms with Gasteiger partial charge in [-0.2, -0.15) is 0 Å². The van der Waals surface area contributed by atoms with Crippen LogP contribution in [0.1, 0.15) is 5.56 Å². The molecule has 0 bridgehead atoms. The van der Waals surface area contributed by atoms with Crippen molar-refractivity contribution >= 4 is 28.7 Å². The number of hydrogen-bond acceptors (Lipinski definition) is 2. The predicted octanol–water partition coefficient (Wildman–Crippen LogP) is 2.67. The number of aryl methyl sites for hydroxylation is 2. The van der Waals surface area contributed by atoms with E-state index >= 15 is 0 Å². The second kappa shape index (κ2) is 6.16. The summed E-state index contributed by atoms with van der Waals surface area (Å²) >= 11 is 0. The van der Waals surface area contributed by atoms with E-state index in [0.717, 1.165) is 16.6 Å². The second-order valence-electron chi connectivity index (χ2n) is 5.48. The van der Waals surface area contributed by atoms with Gasteiger partial charge in [0.15, 0.2) is 0 Å². The van der Waals surface area contributed by atoms with E-state index in [-0.39, 0.29) is 17.4 Å². The van der Waals surface area contributed by atoms with E-state index < -0.39 is 0 Å². The summed E-state index contributed by atoms with van der Waals surface area (Å²) in [4.78, 5) is 23.9. The maximum atomic E-state index is 12.8. The first kappa shape index (κ1) is 15.7. The number of halogens is 1. The summed E-state index contributed by atoms with van der Waals surface area (Å²) in [6.07, 6.45) is 2.98. The van der Waals surface area contributed by atoms with Gasteiger partial charge in [0.2, 0.25) is 5.91 Å². The molecule has 0 aliphatic rings. The summed E-state index contributed by atoms with van der Waals surface area (Å²) < 4.78 is 15.9. The number of rotatable bonds is 3. The van der Waals surface area contributed by atoms with Gasteiger partial charge in [0.25, 0.3) is 0 Å². The average molecular weight is 325 g/mol. The molecule has 0 spiro atoms. The smallest absolute Gasteiger partial charge is 0.322 e. The predicted molar refractivity (Wildman–Crippen MR) is 92.2 cm³/mol. The highest BCUT2D eigenvalue weighted by atomic mass is 19.1. The fourth-order valence-electron chi connectivity index (χ4n) is 2.51. The number of anilines is 1.